The van der Waals surface area contributed by atoms with Crippen LogP contribution in [0, 0.1) is 5.92 Å². The van der Waals surface area contributed by atoms with Crippen LogP contribution in [0.5, 0.6) is 0 Å². The van der Waals surface area contributed by atoms with Crippen LogP contribution in [-0.2, 0) is 4.79 Å². The fraction of sp³-hybridized carbons (Fsp3) is 0.455. The molecule has 0 spiro atoms. The molecule has 11 heteroatoms. The van der Waals surface area contributed by atoms with E-state index in [-0.39, 0.29) is 11.8 Å². The van der Waals surface area contributed by atoms with E-state index in [1.807, 2.05) is 22.9 Å². The van der Waals surface area contributed by atoms with Crippen molar-refractivity contribution in [2.24, 2.45) is 5.92 Å². The Morgan fingerprint density at radius 2 is 1.70 bits per heavy atom. The van der Waals surface area contributed by atoms with Crippen molar-refractivity contribution < 1.29 is 4.79 Å². The molecular formula is C22H28N10O. The van der Waals surface area contributed by atoms with Gasteiger partial charge in [-0.25, -0.2) is 24.9 Å². The first-order valence-electron chi connectivity index (χ1n) is 11.3. The van der Waals surface area contributed by atoms with Crippen LogP contribution in [0.4, 0.5) is 17.5 Å². The Morgan fingerprint density at radius 3 is 2.48 bits per heavy atom. The highest BCUT2D eigenvalue weighted by atomic mass is 16.2. The van der Waals surface area contributed by atoms with E-state index in [0.29, 0.717) is 12.4 Å². The second kappa shape index (κ2) is 9.49. The van der Waals surface area contributed by atoms with Gasteiger partial charge >= 0.3 is 0 Å². The van der Waals surface area contributed by atoms with E-state index >= 15 is 0 Å². The second-order valence-corrected chi connectivity index (χ2v) is 8.53. The van der Waals surface area contributed by atoms with Crippen molar-refractivity contribution in [2.45, 2.75) is 12.8 Å². The smallest absolute Gasteiger partial charge is 0.230 e. The number of piperidine rings is 1. The lowest BCUT2D eigenvalue weighted by Gasteiger charge is -2.33. The number of hydrogen-bond donors (Lipinski definition) is 1. The highest BCUT2D eigenvalue weighted by molar-refractivity contribution is 5.92. The van der Waals surface area contributed by atoms with Crippen molar-refractivity contribution in [3.63, 3.8) is 0 Å². The number of nitrogens with zero attached hydrogens (tertiary/aromatic N) is 9. The van der Waals surface area contributed by atoms with E-state index in [4.69, 9.17) is 0 Å². The molecule has 0 aliphatic carbocycles. The summed E-state index contributed by atoms with van der Waals surface area (Å²) in [5.74, 6) is 2.79. The summed E-state index contributed by atoms with van der Waals surface area (Å²) in [4.78, 5) is 41.3. The van der Waals surface area contributed by atoms with Crippen LogP contribution in [-0.4, -0.2) is 86.6 Å². The third-order valence-corrected chi connectivity index (χ3v) is 6.25. The number of carbonyl (C=O) groups is 1. The van der Waals surface area contributed by atoms with E-state index in [0.717, 1.165) is 63.0 Å². The zero-order chi connectivity index (χ0) is 22.6. The molecule has 2 fully saturated rings. The largest absolute Gasteiger partial charge is 0.356 e. The van der Waals surface area contributed by atoms with Crippen molar-refractivity contribution in [3.8, 4) is 5.82 Å². The number of likely N-dealkylation sites (N-methyl/N-ethyl adjacent to an activating group) is 1. The molecule has 11 nitrogen and oxygen atoms in total. The number of amides is 1. The molecule has 5 rings (SSSR count). The van der Waals surface area contributed by atoms with Crippen LogP contribution in [0.3, 0.4) is 0 Å². The lowest BCUT2D eigenvalue weighted by molar-refractivity contribution is -0.120. The van der Waals surface area contributed by atoms with Crippen molar-refractivity contribution >= 4 is 23.4 Å². The first kappa shape index (κ1) is 21.3. The van der Waals surface area contributed by atoms with Crippen molar-refractivity contribution in [1.82, 2.24) is 34.4 Å². The Hall–Kier alpha value is -3.60. The molecule has 5 heterocycles. The Labute approximate surface area is 192 Å². The van der Waals surface area contributed by atoms with Gasteiger partial charge in [-0.15, -0.1) is 0 Å². The number of piperazine rings is 1. The van der Waals surface area contributed by atoms with Gasteiger partial charge in [0.15, 0.2) is 0 Å². The molecule has 0 bridgehead atoms. The minimum atomic E-state index is -0.146. The fourth-order valence-electron chi connectivity index (χ4n) is 4.30. The first-order chi connectivity index (χ1) is 16.2. The van der Waals surface area contributed by atoms with E-state index < -0.39 is 0 Å². The molecule has 3 aromatic heterocycles. The molecule has 0 saturated carbocycles. The van der Waals surface area contributed by atoms with Crippen LogP contribution >= 0.6 is 0 Å². The van der Waals surface area contributed by atoms with Gasteiger partial charge in [0.2, 0.25) is 5.91 Å². The van der Waals surface area contributed by atoms with Gasteiger partial charge in [0.05, 0.1) is 5.92 Å². The highest BCUT2D eigenvalue weighted by Gasteiger charge is 2.27. The Morgan fingerprint density at radius 1 is 0.939 bits per heavy atom. The number of imidazole rings is 1. The molecule has 1 N–H and O–H groups in total. The molecule has 172 valence electrons. The maximum Gasteiger partial charge on any atom is 0.230 e. The van der Waals surface area contributed by atoms with Gasteiger partial charge in [0, 0.05) is 63.8 Å². The lowest BCUT2D eigenvalue weighted by Crippen LogP contribution is -2.44. The predicted octanol–water partition coefficient (Wildman–Crippen LogP) is 1.06. The maximum atomic E-state index is 13.1. The van der Waals surface area contributed by atoms with Gasteiger partial charge < -0.3 is 20.0 Å². The number of nitrogens with one attached hydrogen (secondary N) is 1. The van der Waals surface area contributed by atoms with Gasteiger partial charge in [-0.1, -0.05) is 0 Å². The van der Waals surface area contributed by atoms with E-state index in [9.17, 15) is 4.79 Å². The van der Waals surface area contributed by atoms with Gasteiger partial charge in [-0.3, -0.25) is 9.36 Å². The first-order valence-corrected chi connectivity index (χ1v) is 11.3. The van der Waals surface area contributed by atoms with Crippen LogP contribution in [0.1, 0.15) is 12.8 Å². The third-order valence-electron chi connectivity index (χ3n) is 6.25. The molecular weight excluding hydrogens is 420 g/mol. The van der Waals surface area contributed by atoms with E-state index in [1.165, 1.54) is 6.33 Å². The number of anilines is 3. The number of hydrogen-bond acceptors (Lipinski definition) is 9. The number of carbonyl (C=O) groups excluding carboxylic acids is 1. The lowest BCUT2D eigenvalue weighted by atomic mass is 9.97. The summed E-state index contributed by atoms with van der Waals surface area (Å²) < 4.78 is 1.84. The molecule has 2 saturated heterocycles. The quantitative estimate of drug-likeness (QED) is 0.613. The van der Waals surface area contributed by atoms with Crippen LogP contribution < -0.4 is 15.1 Å². The van der Waals surface area contributed by atoms with Gasteiger partial charge in [0.25, 0.3) is 0 Å². The van der Waals surface area contributed by atoms with Crippen molar-refractivity contribution in [3.05, 3.63) is 43.5 Å². The summed E-state index contributed by atoms with van der Waals surface area (Å²) in [7, 11) is 2.12. The Kier molecular flexibility index (Phi) is 6.11. The number of rotatable bonds is 5. The topological polar surface area (TPSA) is 108 Å². The molecule has 2 aliphatic rings. The zero-order valence-electron chi connectivity index (χ0n) is 18.7. The van der Waals surface area contributed by atoms with E-state index in [2.05, 4.69) is 52.0 Å². The molecule has 0 radical (unpaired) electrons. The second-order valence-electron chi connectivity index (χ2n) is 8.53. The van der Waals surface area contributed by atoms with Gasteiger partial charge in [0.1, 0.15) is 42.3 Å². The maximum absolute atomic E-state index is 13.1. The van der Waals surface area contributed by atoms with Crippen LogP contribution in [0.15, 0.2) is 43.5 Å². The summed E-state index contributed by atoms with van der Waals surface area (Å²) in [5.41, 5.74) is 0. The molecule has 0 aromatic carbocycles. The Bertz CT molecular complexity index is 1080. The van der Waals surface area contributed by atoms with Crippen molar-refractivity contribution in [2.75, 3.05) is 61.4 Å². The standard InChI is InChI=1S/C22H28N10O/c1-29-7-9-30(10-8-29)19-11-18(24-14-25-19)28-22(33)17-3-2-5-31(13-17)20-12-21(27-15-26-20)32-6-4-23-16-32/h4,6,11-12,14-17H,2-3,5,7-10,13H2,1H3,(H,24,25,28,33). The SMILES string of the molecule is CN1CCN(c2cc(NC(=O)C3CCCN(c4cc(-n5ccnc5)ncn4)C3)ncn2)CC1. The predicted molar refractivity (Wildman–Crippen MR) is 124 cm³/mol. The molecule has 33 heavy (non-hydrogen) atoms. The van der Waals surface area contributed by atoms with Gasteiger partial charge in [-0.2, -0.15) is 0 Å². The van der Waals surface area contributed by atoms with Crippen LogP contribution in [0.2, 0.25) is 0 Å². The molecule has 3 aromatic rings. The minimum Gasteiger partial charge on any atom is -0.356 e. The van der Waals surface area contributed by atoms with Crippen LogP contribution in [0.25, 0.3) is 5.82 Å². The van der Waals surface area contributed by atoms with E-state index in [1.54, 1.807) is 18.9 Å². The van der Waals surface area contributed by atoms with Crippen molar-refractivity contribution in [1.29, 1.82) is 0 Å². The summed E-state index contributed by atoms with van der Waals surface area (Å²) in [6, 6.07) is 3.79. The summed E-state index contributed by atoms with van der Waals surface area (Å²) in [5, 5.41) is 3.01. The average molecular weight is 449 g/mol. The molecule has 1 unspecified atom stereocenters. The Balaban J connectivity index is 1.24. The number of aromatic nitrogens is 6. The molecule has 1 atom stereocenters. The third kappa shape index (κ3) is 4.92. The monoisotopic (exact) mass is 448 g/mol. The normalized spacial score (nSPS) is 19.5. The summed E-state index contributed by atoms with van der Waals surface area (Å²) in [6.45, 7) is 5.27. The average Bonchev–Trinajstić information content (AvgIpc) is 3.40. The summed E-state index contributed by atoms with van der Waals surface area (Å²) >= 11 is 0. The highest BCUT2D eigenvalue weighted by Crippen LogP contribution is 2.24. The minimum absolute atomic E-state index is 0.0217. The fourth-order valence-corrected chi connectivity index (χ4v) is 4.30. The zero-order valence-corrected chi connectivity index (χ0v) is 18.7. The molecule has 2 aliphatic heterocycles. The molecule has 1 amide bonds. The summed E-state index contributed by atoms with van der Waals surface area (Å²) in [6.07, 6.45) is 10.1. The van der Waals surface area contributed by atoms with Gasteiger partial charge in [-0.05, 0) is 19.9 Å².